The number of hydrogen-bond donors (Lipinski definition) is 2. The van der Waals surface area contributed by atoms with Crippen LogP contribution >= 0.6 is 11.8 Å². The summed E-state index contributed by atoms with van der Waals surface area (Å²) in [4.78, 5) is 0.602. The third-order valence-electron chi connectivity index (χ3n) is 2.51. The van der Waals surface area contributed by atoms with Gasteiger partial charge in [0.05, 0.1) is 6.61 Å². The number of halogens is 1. The molecule has 96 valence electrons. The van der Waals surface area contributed by atoms with Crippen molar-refractivity contribution >= 4 is 11.8 Å². The van der Waals surface area contributed by atoms with Crippen LogP contribution in [0.5, 0.6) is 0 Å². The van der Waals surface area contributed by atoms with Gasteiger partial charge in [-0.25, -0.2) is 4.39 Å². The van der Waals surface area contributed by atoms with E-state index in [4.69, 9.17) is 5.11 Å². The zero-order valence-electron chi connectivity index (χ0n) is 10.4. The lowest BCUT2D eigenvalue weighted by atomic mass is 10.1. The van der Waals surface area contributed by atoms with Crippen LogP contribution in [0.15, 0.2) is 23.1 Å². The highest BCUT2D eigenvalue weighted by molar-refractivity contribution is 7.99. The summed E-state index contributed by atoms with van der Waals surface area (Å²) < 4.78 is 13.7. The van der Waals surface area contributed by atoms with Crippen LogP contribution in [0.25, 0.3) is 0 Å². The Morgan fingerprint density at radius 1 is 1.47 bits per heavy atom. The van der Waals surface area contributed by atoms with Gasteiger partial charge in [0.15, 0.2) is 0 Å². The summed E-state index contributed by atoms with van der Waals surface area (Å²) in [5.41, 5.74) is 0.962. The first-order valence-electron chi connectivity index (χ1n) is 5.95. The number of aliphatic hydroxyl groups is 1. The van der Waals surface area contributed by atoms with Crippen molar-refractivity contribution in [3.63, 3.8) is 0 Å². The number of nitrogens with one attached hydrogen (secondary N) is 1. The number of aliphatic hydroxyl groups excluding tert-OH is 1. The predicted molar refractivity (Wildman–Crippen MR) is 70.9 cm³/mol. The van der Waals surface area contributed by atoms with Gasteiger partial charge in [0.1, 0.15) is 5.82 Å². The first-order valence-corrected chi connectivity index (χ1v) is 6.94. The Bertz CT molecular complexity index is 346. The van der Waals surface area contributed by atoms with E-state index >= 15 is 0 Å². The molecule has 0 saturated heterocycles. The van der Waals surface area contributed by atoms with Crippen LogP contribution in [-0.2, 0) is 0 Å². The molecule has 0 amide bonds. The molecule has 0 aromatic heterocycles. The molecular formula is C13H20FNOS. The summed E-state index contributed by atoms with van der Waals surface area (Å²) >= 11 is 1.34. The fourth-order valence-electron chi connectivity index (χ4n) is 1.54. The third-order valence-corrected chi connectivity index (χ3v) is 3.53. The van der Waals surface area contributed by atoms with Crippen LogP contribution in [-0.4, -0.2) is 24.0 Å². The number of thioether (sulfide) groups is 1. The highest BCUT2D eigenvalue weighted by Gasteiger charge is 2.08. The molecular weight excluding hydrogens is 237 g/mol. The summed E-state index contributed by atoms with van der Waals surface area (Å²) in [5, 5.41) is 12.0. The molecule has 0 heterocycles. The topological polar surface area (TPSA) is 32.3 Å². The van der Waals surface area contributed by atoms with E-state index in [2.05, 4.69) is 12.2 Å². The van der Waals surface area contributed by atoms with E-state index < -0.39 is 0 Å². The van der Waals surface area contributed by atoms with Crippen molar-refractivity contribution in [2.24, 2.45) is 0 Å². The minimum Gasteiger partial charge on any atom is -0.396 e. The first-order chi connectivity index (χ1) is 8.19. The zero-order valence-corrected chi connectivity index (χ0v) is 11.2. The monoisotopic (exact) mass is 257 g/mol. The summed E-state index contributed by atoms with van der Waals surface area (Å²) in [6, 6.07) is 5.47. The van der Waals surface area contributed by atoms with Crippen LogP contribution in [0.4, 0.5) is 4.39 Å². The second kappa shape index (κ2) is 7.69. The second-order valence-corrected chi connectivity index (χ2v) is 5.07. The van der Waals surface area contributed by atoms with Crippen LogP contribution in [0.1, 0.15) is 31.9 Å². The standard InChI is InChI=1S/C13H20FNOS/c1-3-6-15-10(2)11-4-5-13(12(14)9-11)17-8-7-16/h4-5,9-10,15-16H,3,6-8H2,1-2H3. The lowest BCUT2D eigenvalue weighted by molar-refractivity contribution is 0.322. The van der Waals surface area contributed by atoms with E-state index in [9.17, 15) is 4.39 Å². The van der Waals surface area contributed by atoms with Crippen molar-refractivity contribution in [2.75, 3.05) is 18.9 Å². The van der Waals surface area contributed by atoms with E-state index in [1.807, 2.05) is 13.0 Å². The molecule has 2 N–H and O–H groups in total. The Hall–Kier alpha value is -0.580. The van der Waals surface area contributed by atoms with Gasteiger partial charge >= 0.3 is 0 Å². The number of hydrogen-bond acceptors (Lipinski definition) is 3. The van der Waals surface area contributed by atoms with Gasteiger partial charge in [0.2, 0.25) is 0 Å². The van der Waals surface area contributed by atoms with Crippen molar-refractivity contribution in [1.29, 1.82) is 0 Å². The summed E-state index contributed by atoms with van der Waals surface area (Å²) in [6.45, 7) is 5.14. The lowest BCUT2D eigenvalue weighted by Gasteiger charge is -2.14. The first kappa shape index (κ1) is 14.5. The van der Waals surface area contributed by atoms with E-state index in [-0.39, 0.29) is 18.5 Å². The molecule has 0 saturated carbocycles. The van der Waals surface area contributed by atoms with Gasteiger partial charge in [-0.05, 0) is 37.6 Å². The third kappa shape index (κ3) is 4.66. The van der Waals surface area contributed by atoms with E-state index in [0.717, 1.165) is 18.5 Å². The molecule has 2 nitrogen and oxygen atoms in total. The number of rotatable bonds is 7. The van der Waals surface area contributed by atoms with E-state index in [1.165, 1.54) is 11.8 Å². The minimum atomic E-state index is -0.203. The molecule has 0 radical (unpaired) electrons. The Balaban J connectivity index is 2.67. The quantitative estimate of drug-likeness (QED) is 0.737. The molecule has 1 atom stereocenters. The van der Waals surface area contributed by atoms with Crippen molar-refractivity contribution in [3.05, 3.63) is 29.6 Å². The van der Waals surface area contributed by atoms with Crippen molar-refractivity contribution in [3.8, 4) is 0 Å². The maximum atomic E-state index is 13.7. The maximum Gasteiger partial charge on any atom is 0.137 e. The summed E-state index contributed by atoms with van der Waals surface area (Å²) in [6.07, 6.45) is 1.07. The SMILES string of the molecule is CCCNC(C)c1ccc(SCCO)c(F)c1. The van der Waals surface area contributed by atoms with Gasteiger partial charge in [0.25, 0.3) is 0 Å². The van der Waals surface area contributed by atoms with Gasteiger partial charge in [-0.2, -0.15) is 0 Å². The molecule has 0 aliphatic carbocycles. The molecule has 0 bridgehead atoms. The van der Waals surface area contributed by atoms with Crippen LogP contribution in [0.2, 0.25) is 0 Å². The molecule has 1 rings (SSSR count). The Morgan fingerprint density at radius 2 is 2.24 bits per heavy atom. The molecule has 0 aliphatic heterocycles. The molecule has 1 aromatic carbocycles. The summed E-state index contributed by atoms with van der Waals surface area (Å²) in [5.74, 6) is 0.325. The molecule has 17 heavy (non-hydrogen) atoms. The molecule has 0 spiro atoms. The second-order valence-electron chi connectivity index (χ2n) is 3.94. The molecule has 1 aromatic rings. The van der Waals surface area contributed by atoms with Crippen LogP contribution in [0, 0.1) is 5.82 Å². The smallest absolute Gasteiger partial charge is 0.137 e. The highest BCUT2D eigenvalue weighted by atomic mass is 32.2. The van der Waals surface area contributed by atoms with Gasteiger partial charge in [-0.15, -0.1) is 11.8 Å². The average Bonchev–Trinajstić information content (AvgIpc) is 2.34. The normalized spacial score (nSPS) is 12.7. The van der Waals surface area contributed by atoms with E-state index in [0.29, 0.717) is 10.6 Å². The Morgan fingerprint density at radius 3 is 2.82 bits per heavy atom. The van der Waals surface area contributed by atoms with Gasteiger partial charge in [-0.1, -0.05) is 13.0 Å². The molecule has 0 aliphatic rings. The summed E-state index contributed by atoms with van der Waals surface area (Å²) in [7, 11) is 0. The van der Waals surface area contributed by atoms with Gasteiger partial charge < -0.3 is 10.4 Å². The van der Waals surface area contributed by atoms with Crippen LogP contribution < -0.4 is 5.32 Å². The lowest BCUT2D eigenvalue weighted by Crippen LogP contribution is -2.19. The predicted octanol–water partition coefficient (Wildman–Crippen LogP) is 2.97. The Labute approximate surface area is 107 Å². The minimum absolute atomic E-state index is 0.0698. The molecule has 1 unspecified atom stereocenters. The fourth-order valence-corrected chi connectivity index (χ4v) is 2.21. The van der Waals surface area contributed by atoms with Crippen molar-refractivity contribution < 1.29 is 9.50 Å². The van der Waals surface area contributed by atoms with Gasteiger partial charge in [0, 0.05) is 16.7 Å². The average molecular weight is 257 g/mol. The molecule has 0 fully saturated rings. The zero-order chi connectivity index (χ0) is 12.7. The van der Waals surface area contributed by atoms with Crippen molar-refractivity contribution in [1.82, 2.24) is 5.32 Å². The van der Waals surface area contributed by atoms with E-state index in [1.54, 1.807) is 12.1 Å². The largest absolute Gasteiger partial charge is 0.396 e. The highest BCUT2D eigenvalue weighted by Crippen LogP contribution is 2.24. The Kier molecular flexibility index (Phi) is 6.55. The number of benzene rings is 1. The van der Waals surface area contributed by atoms with Gasteiger partial charge in [-0.3, -0.25) is 0 Å². The molecule has 4 heteroatoms. The van der Waals surface area contributed by atoms with Crippen molar-refractivity contribution in [2.45, 2.75) is 31.2 Å². The maximum absolute atomic E-state index is 13.7. The van der Waals surface area contributed by atoms with Crippen LogP contribution in [0.3, 0.4) is 0 Å². The fraction of sp³-hybridized carbons (Fsp3) is 0.538.